The molecule has 168 valence electrons. The fourth-order valence-electron chi connectivity index (χ4n) is 3.97. The summed E-state index contributed by atoms with van der Waals surface area (Å²) in [7, 11) is 1.67. The molecule has 3 aromatic heterocycles. The van der Waals surface area contributed by atoms with E-state index in [1.807, 2.05) is 0 Å². The molecule has 2 atom stereocenters. The third-order valence-corrected chi connectivity index (χ3v) is 5.59. The van der Waals surface area contributed by atoms with Crippen LogP contribution in [0.5, 0.6) is 0 Å². The first-order valence-electron chi connectivity index (χ1n) is 10.1. The second-order valence-electron chi connectivity index (χ2n) is 7.92. The Kier molecular flexibility index (Phi) is 6.05. The quantitative estimate of drug-likeness (QED) is 0.625. The van der Waals surface area contributed by atoms with E-state index in [0.29, 0.717) is 22.4 Å². The number of carbonyl (C=O) groups is 1. The lowest BCUT2D eigenvalue weighted by molar-refractivity contribution is -0.0897. The first kappa shape index (κ1) is 22.1. The van der Waals surface area contributed by atoms with E-state index in [9.17, 15) is 13.6 Å². The number of alkyl halides is 2. The number of rotatable bonds is 5. The van der Waals surface area contributed by atoms with Crippen LogP contribution in [0.3, 0.4) is 0 Å². The lowest BCUT2D eigenvalue weighted by Gasteiger charge is -2.43. The molecule has 1 aliphatic heterocycles. The summed E-state index contributed by atoms with van der Waals surface area (Å²) in [6.07, 6.45) is 5.69. The van der Waals surface area contributed by atoms with Gasteiger partial charge in [0.15, 0.2) is 0 Å². The van der Waals surface area contributed by atoms with Gasteiger partial charge in [-0.3, -0.25) is 14.5 Å². The van der Waals surface area contributed by atoms with Gasteiger partial charge in [-0.2, -0.15) is 5.10 Å². The summed E-state index contributed by atoms with van der Waals surface area (Å²) >= 11 is 5.81. The molecule has 0 spiro atoms. The zero-order chi connectivity index (χ0) is 22.9. The monoisotopic (exact) mass is 461 g/mol. The summed E-state index contributed by atoms with van der Waals surface area (Å²) in [5, 5.41) is 7.77. The number of hydrogen-bond donors (Lipinski definition) is 1. The fourth-order valence-corrected chi connectivity index (χ4v) is 4.07. The largest absolute Gasteiger partial charge is 0.352 e. The van der Waals surface area contributed by atoms with Gasteiger partial charge >= 0.3 is 0 Å². The van der Waals surface area contributed by atoms with Gasteiger partial charge in [0.05, 0.1) is 41.3 Å². The van der Waals surface area contributed by atoms with Gasteiger partial charge in [0, 0.05) is 32.4 Å². The summed E-state index contributed by atoms with van der Waals surface area (Å²) < 4.78 is 30.5. The number of carbonyl (C=O) groups excluding carboxylic acids is 1. The molecule has 0 radical (unpaired) electrons. The van der Waals surface area contributed by atoms with Crippen molar-refractivity contribution in [1.82, 2.24) is 29.6 Å². The molecule has 1 aliphatic rings. The standard InChI is InChI=1S/C21H22ClF2N7O/c1-13-7-21(23,24)12-31(17(13)10-28-20-26-8-14(22)9-27-20)19(32)15-11-30(2)29-18(15)16-5-3-4-6-25-16/h3-6,8-9,11,13,17H,7,10,12H2,1-2H3,(H,26,27,28)/t13-,17?/m1/s1. The molecular formula is C21H22ClF2N7O. The third kappa shape index (κ3) is 4.69. The van der Waals surface area contributed by atoms with Gasteiger partial charge in [0.25, 0.3) is 11.8 Å². The van der Waals surface area contributed by atoms with Crippen LogP contribution in [0, 0.1) is 5.92 Å². The Morgan fingerprint density at radius 3 is 2.72 bits per heavy atom. The Morgan fingerprint density at radius 1 is 1.28 bits per heavy atom. The van der Waals surface area contributed by atoms with Crippen molar-refractivity contribution in [1.29, 1.82) is 0 Å². The number of nitrogens with one attached hydrogen (secondary N) is 1. The summed E-state index contributed by atoms with van der Waals surface area (Å²) in [5.74, 6) is -3.66. The molecule has 32 heavy (non-hydrogen) atoms. The zero-order valence-corrected chi connectivity index (χ0v) is 18.3. The molecule has 3 aromatic rings. The molecule has 1 fully saturated rings. The predicted octanol–water partition coefficient (Wildman–Crippen LogP) is 3.52. The molecule has 1 amide bonds. The first-order valence-corrected chi connectivity index (χ1v) is 10.5. The van der Waals surface area contributed by atoms with Crippen LogP contribution < -0.4 is 5.32 Å². The summed E-state index contributed by atoms with van der Waals surface area (Å²) in [6, 6.07) is 4.75. The van der Waals surface area contributed by atoms with Crippen molar-refractivity contribution in [2.24, 2.45) is 13.0 Å². The maximum absolute atomic E-state index is 14.5. The van der Waals surface area contributed by atoms with Crippen molar-refractivity contribution in [3.63, 3.8) is 0 Å². The number of aryl methyl sites for hydroxylation is 1. The number of hydrogen-bond acceptors (Lipinski definition) is 6. The summed E-state index contributed by atoms with van der Waals surface area (Å²) in [5.41, 5.74) is 1.08. The number of anilines is 1. The van der Waals surface area contributed by atoms with Crippen molar-refractivity contribution in [2.45, 2.75) is 25.3 Å². The van der Waals surface area contributed by atoms with Gasteiger partial charge in [0.2, 0.25) is 5.95 Å². The van der Waals surface area contributed by atoms with Gasteiger partial charge in [-0.1, -0.05) is 24.6 Å². The number of aromatic nitrogens is 5. The molecule has 4 heterocycles. The highest BCUT2D eigenvalue weighted by atomic mass is 35.5. The van der Waals surface area contributed by atoms with Crippen LogP contribution in [-0.2, 0) is 7.05 Å². The van der Waals surface area contributed by atoms with Crippen molar-refractivity contribution in [3.05, 3.63) is 53.6 Å². The SMILES string of the molecule is C[C@@H]1CC(F)(F)CN(C(=O)c2cn(C)nc2-c2ccccn2)C1CNc1ncc(Cl)cn1. The van der Waals surface area contributed by atoms with Crippen LogP contribution >= 0.6 is 11.6 Å². The van der Waals surface area contributed by atoms with Crippen LogP contribution in [0.4, 0.5) is 14.7 Å². The molecule has 0 aliphatic carbocycles. The number of piperidine rings is 1. The predicted molar refractivity (Wildman–Crippen MR) is 116 cm³/mol. The summed E-state index contributed by atoms with van der Waals surface area (Å²) in [6.45, 7) is 1.25. The van der Waals surface area contributed by atoms with Crippen LogP contribution in [0.15, 0.2) is 43.0 Å². The van der Waals surface area contributed by atoms with E-state index in [2.05, 4.69) is 25.4 Å². The van der Waals surface area contributed by atoms with Gasteiger partial charge in [-0.05, 0) is 18.1 Å². The second-order valence-corrected chi connectivity index (χ2v) is 8.36. The fraction of sp³-hybridized carbons (Fsp3) is 0.381. The van der Waals surface area contributed by atoms with E-state index in [0.717, 1.165) is 0 Å². The minimum absolute atomic E-state index is 0.212. The van der Waals surface area contributed by atoms with Crippen LogP contribution in [-0.4, -0.2) is 60.6 Å². The Morgan fingerprint density at radius 2 is 2.03 bits per heavy atom. The molecule has 1 unspecified atom stereocenters. The number of pyridine rings is 1. The summed E-state index contributed by atoms with van der Waals surface area (Å²) in [4.78, 5) is 27.2. The Labute approximate surface area is 188 Å². The molecule has 1 saturated heterocycles. The van der Waals surface area contributed by atoms with Crippen LogP contribution in [0.25, 0.3) is 11.4 Å². The smallest absolute Gasteiger partial charge is 0.265 e. The van der Waals surface area contributed by atoms with E-state index in [1.165, 1.54) is 28.2 Å². The molecule has 8 nitrogen and oxygen atoms in total. The van der Waals surface area contributed by atoms with Crippen LogP contribution in [0.1, 0.15) is 23.7 Å². The highest BCUT2D eigenvalue weighted by Crippen LogP contribution is 2.36. The second kappa shape index (κ2) is 8.78. The van der Waals surface area contributed by atoms with Crippen molar-refractivity contribution in [3.8, 4) is 11.4 Å². The molecule has 0 aromatic carbocycles. The maximum atomic E-state index is 14.5. The zero-order valence-electron chi connectivity index (χ0n) is 17.5. The molecular weight excluding hydrogens is 440 g/mol. The normalized spacial score (nSPS) is 20.2. The minimum atomic E-state index is -2.99. The maximum Gasteiger partial charge on any atom is 0.265 e. The minimum Gasteiger partial charge on any atom is -0.352 e. The lowest BCUT2D eigenvalue weighted by Crippen LogP contribution is -2.57. The molecule has 1 N–H and O–H groups in total. The highest BCUT2D eigenvalue weighted by Gasteiger charge is 2.46. The molecule has 0 bridgehead atoms. The van der Waals surface area contributed by atoms with E-state index in [-0.39, 0.29) is 18.5 Å². The van der Waals surface area contributed by atoms with Crippen molar-refractivity contribution < 1.29 is 13.6 Å². The first-order chi connectivity index (χ1) is 15.2. The Hall–Kier alpha value is -3.14. The van der Waals surface area contributed by atoms with E-state index >= 15 is 0 Å². The lowest BCUT2D eigenvalue weighted by atomic mass is 9.88. The van der Waals surface area contributed by atoms with E-state index in [4.69, 9.17) is 11.6 Å². The number of nitrogens with zero attached hydrogens (tertiary/aromatic N) is 6. The molecule has 11 heteroatoms. The number of amides is 1. The average Bonchev–Trinajstić information content (AvgIpc) is 3.15. The number of likely N-dealkylation sites (tertiary alicyclic amines) is 1. The van der Waals surface area contributed by atoms with Crippen molar-refractivity contribution >= 4 is 23.5 Å². The van der Waals surface area contributed by atoms with Gasteiger partial charge in [-0.25, -0.2) is 18.7 Å². The topological polar surface area (TPSA) is 88.8 Å². The van der Waals surface area contributed by atoms with Gasteiger partial charge < -0.3 is 10.2 Å². The molecule has 4 rings (SSSR count). The Balaban J connectivity index is 1.64. The molecule has 0 saturated carbocycles. The van der Waals surface area contributed by atoms with Gasteiger partial charge in [-0.15, -0.1) is 0 Å². The van der Waals surface area contributed by atoms with E-state index < -0.39 is 30.3 Å². The van der Waals surface area contributed by atoms with E-state index in [1.54, 1.807) is 38.4 Å². The van der Waals surface area contributed by atoms with Crippen molar-refractivity contribution in [2.75, 3.05) is 18.4 Å². The number of halogens is 3. The highest BCUT2D eigenvalue weighted by molar-refractivity contribution is 6.30. The van der Waals surface area contributed by atoms with Crippen LogP contribution in [0.2, 0.25) is 5.02 Å². The average molecular weight is 462 g/mol. The third-order valence-electron chi connectivity index (χ3n) is 5.40. The van der Waals surface area contributed by atoms with Gasteiger partial charge in [0.1, 0.15) is 5.69 Å². The Bertz CT molecular complexity index is 1090.